The van der Waals surface area contributed by atoms with Crippen LogP contribution >= 0.6 is 0 Å². The fourth-order valence-electron chi connectivity index (χ4n) is 2.63. The second kappa shape index (κ2) is 12.9. The van der Waals surface area contributed by atoms with Crippen molar-refractivity contribution in [2.45, 2.75) is 25.8 Å². The number of hydrogen-bond acceptors (Lipinski definition) is 9. The molecule has 1 aliphatic heterocycles. The first kappa shape index (κ1) is 24.6. The normalized spacial score (nSPS) is 13.3. The molecule has 2 amide bonds. The molecule has 1 atom stereocenters. The maximum Gasteiger partial charge on any atom is 0.407 e. The first-order valence-corrected chi connectivity index (χ1v) is 10.3. The fraction of sp³-hybridized carbons (Fsp3) is 0.500. The van der Waals surface area contributed by atoms with Gasteiger partial charge in [-0.05, 0) is 18.6 Å². The summed E-state index contributed by atoms with van der Waals surface area (Å²) >= 11 is 0. The number of rotatable bonds is 12. The van der Waals surface area contributed by atoms with E-state index in [0.717, 1.165) is 19.5 Å². The van der Waals surface area contributed by atoms with Crippen LogP contribution in [0.5, 0.6) is 11.5 Å². The Morgan fingerprint density at radius 1 is 1.28 bits per heavy atom. The number of alkyl carbamates (subject to hydrolysis) is 1. The number of ether oxygens (including phenoxy) is 2. The monoisotopic (exact) mass is 451 g/mol. The third-order valence-corrected chi connectivity index (χ3v) is 4.34. The highest BCUT2D eigenvalue weighted by Gasteiger charge is 2.22. The number of nitrogens with zero attached hydrogens (tertiary/aromatic N) is 1. The first-order valence-electron chi connectivity index (χ1n) is 10.3. The van der Waals surface area contributed by atoms with Gasteiger partial charge in [0.25, 0.3) is 5.91 Å². The summed E-state index contributed by atoms with van der Waals surface area (Å²) in [6, 6.07) is 2.78. The van der Waals surface area contributed by atoms with Crippen molar-refractivity contribution in [3.63, 3.8) is 0 Å². The average Bonchev–Trinajstić information content (AvgIpc) is 3.27. The molecule has 0 spiro atoms. The van der Waals surface area contributed by atoms with E-state index in [1.54, 1.807) is 0 Å². The molecule has 0 saturated heterocycles. The van der Waals surface area contributed by atoms with Crippen LogP contribution in [0.2, 0.25) is 0 Å². The van der Waals surface area contributed by atoms with Gasteiger partial charge >= 0.3 is 12.1 Å². The zero-order valence-corrected chi connectivity index (χ0v) is 17.8. The Hall–Kier alpha value is -3.70. The minimum Gasteiger partial charge on any atom is -0.507 e. The van der Waals surface area contributed by atoms with Crippen LogP contribution in [0.1, 0.15) is 30.1 Å². The van der Waals surface area contributed by atoms with Crippen LogP contribution < -0.4 is 26.0 Å². The highest BCUT2D eigenvalue weighted by atomic mass is 16.5. The molecule has 12 nitrogen and oxygen atoms in total. The van der Waals surface area contributed by atoms with E-state index in [1.807, 2.05) is 6.92 Å². The Bertz CT molecular complexity index is 831. The molecule has 0 radical (unpaired) electrons. The van der Waals surface area contributed by atoms with Crippen LogP contribution in [0.15, 0.2) is 23.2 Å². The number of hydrogen-bond donors (Lipinski definition) is 6. The van der Waals surface area contributed by atoms with Crippen LogP contribution in [-0.4, -0.2) is 79.6 Å². The molecule has 0 fully saturated rings. The van der Waals surface area contributed by atoms with E-state index in [-0.39, 0.29) is 17.9 Å². The Kier molecular flexibility index (Phi) is 9.88. The average molecular weight is 451 g/mol. The smallest absolute Gasteiger partial charge is 0.407 e. The largest absolute Gasteiger partial charge is 0.507 e. The van der Waals surface area contributed by atoms with Crippen LogP contribution in [0, 0.1) is 0 Å². The van der Waals surface area contributed by atoms with Gasteiger partial charge in [0, 0.05) is 19.2 Å². The molecule has 32 heavy (non-hydrogen) atoms. The molecule has 0 unspecified atom stereocenters. The number of aromatic hydroxyl groups is 1. The van der Waals surface area contributed by atoms with Crippen LogP contribution in [-0.2, 0) is 9.53 Å². The van der Waals surface area contributed by atoms with Gasteiger partial charge in [-0.1, -0.05) is 13.3 Å². The summed E-state index contributed by atoms with van der Waals surface area (Å²) in [4.78, 5) is 39.5. The number of aliphatic imine (C=N–C) groups is 1. The quantitative estimate of drug-likeness (QED) is 0.240. The summed E-state index contributed by atoms with van der Waals surface area (Å²) in [5.41, 5.74) is -0.0605. The molecule has 6 N–H and O–H groups in total. The van der Waals surface area contributed by atoms with Crippen molar-refractivity contribution in [3.05, 3.63) is 23.8 Å². The number of carbonyl (C=O) groups excluding carboxylic acids is 2. The van der Waals surface area contributed by atoms with E-state index in [9.17, 15) is 24.6 Å². The SMILES string of the molecule is CCCCOC(=O)N[C@@H](CNC(=O)c1ccc(OCCNC2=NCCN2)cc1O)C(=O)O. The maximum atomic E-state index is 12.3. The van der Waals surface area contributed by atoms with E-state index in [2.05, 4.69) is 26.3 Å². The number of carboxylic acid groups (broad SMARTS) is 1. The number of nitrogens with one attached hydrogen (secondary N) is 4. The van der Waals surface area contributed by atoms with Crippen LogP contribution in [0.4, 0.5) is 4.79 Å². The van der Waals surface area contributed by atoms with Crippen molar-refractivity contribution in [1.82, 2.24) is 21.3 Å². The number of carbonyl (C=O) groups is 3. The third-order valence-electron chi connectivity index (χ3n) is 4.34. The highest BCUT2D eigenvalue weighted by molar-refractivity contribution is 5.97. The predicted octanol–water partition coefficient (Wildman–Crippen LogP) is 0.0291. The number of benzene rings is 1. The summed E-state index contributed by atoms with van der Waals surface area (Å²) in [5, 5.41) is 30.1. The van der Waals surface area contributed by atoms with Gasteiger partial charge in [-0.25, -0.2) is 9.59 Å². The van der Waals surface area contributed by atoms with Crippen molar-refractivity contribution >= 4 is 23.9 Å². The van der Waals surface area contributed by atoms with Gasteiger partial charge in [-0.3, -0.25) is 9.79 Å². The Morgan fingerprint density at radius 3 is 2.75 bits per heavy atom. The number of carboxylic acids is 1. The van der Waals surface area contributed by atoms with Gasteiger partial charge in [-0.2, -0.15) is 0 Å². The van der Waals surface area contributed by atoms with Gasteiger partial charge in [0.05, 0.1) is 25.3 Å². The van der Waals surface area contributed by atoms with Crippen LogP contribution in [0.3, 0.4) is 0 Å². The van der Waals surface area contributed by atoms with Crippen LogP contribution in [0.25, 0.3) is 0 Å². The number of phenolic OH excluding ortho intramolecular Hbond substituents is 1. The Morgan fingerprint density at radius 2 is 2.09 bits per heavy atom. The molecule has 1 aliphatic rings. The lowest BCUT2D eigenvalue weighted by molar-refractivity contribution is -0.139. The molecular weight excluding hydrogens is 422 g/mol. The molecule has 0 saturated carbocycles. The summed E-state index contributed by atoms with van der Waals surface area (Å²) < 4.78 is 10.4. The molecule has 0 aliphatic carbocycles. The zero-order valence-electron chi connectivity index (χ0n) is 17.8. The number of amides is 2. The van der Waals surface area contributed by atoms with E-state index < -0.39 is 30.6 Å². The molecule has 0 bridgehead atoms. The van der Waals surface area contributed by atoms with Gasteiger partial charge in [0.1, 0.15) is 24.1 Å². The lowest BCUT2D eigenvalue weighted by Crippen LogP contribution is -2.48. The van der Waals surface area contributed by atoms with Gasteiger partial charge in [-0.15, -0.1) is 0 Å². The number of aliphatic carboxylic acids is 1. The third kappa shape index (κ3) is 8.20. The molecule has 12 heteroatoms. The van der Waals surface area contributed by atoms with Gasteiger partial charge < -0.3 is 41.0 Å². The maximum absolute atomic E-state index is 12.3. The summed E-state index contributed by atoms with van der Waals surface area (Å²) in [6.45, 7) is 4.04. The minimum absolute atomic E-state index is 0.0605. The standard InChI is InChI=1S/C20H29N5O7/c1-2-3-9-32-20(30)25-15(18(28)29)12-24-17(27)14-5-4-13(11-16(14)26)31-10-8-23-19-21-6-7-22-19/h4-5,11,15,26H,2-3,6-10,12H2,1H3,(H,24,27)(H,25,30)(H,28,29)(H2,21,22,23)/t15-/m0/s1. The van der Waals surface area contributed by atoms with E-state index in [4.69, 9.17) is 9.47 Å². The van der Waals surface area contributed by atoms with E-state index in [1.165, 1.54) is 18.2 Å². The predicted molar refractivity (Wildman–Crippen MR) is 115 cm³/mol. The molecule has 0 aromatic heterocycles. The van der Waals surface area contributed by atoms with Crippen molar-refractivity contribution < 1.29 is 34.1 Å². The summed E-state index contributed by atoms with van der Waals surface area (Å²) in [7, 11) is 0. The molecule has 1 heterocycles. The second-order valence-corrected chi connectivity index (χ2v) is 6.85. The molecule has 1 aromatic carbocycles. The summed E-state index contributed by atoms with van der Waals surface area (Å²) in [5.74, 6) is -1.28. The lowest BCUT2D eigenvalue weighted by atomic mass is 10.1. The van der Waals surface area contributed by atoms with Gasteiger partial charge in [0.2, 0.25) is 0 Å². The second-order valence-electron chi connectivity index (χ2n) is 6.85. The minimum atomic E-state index is -1.38. The van der Waals surface area contributed by atoms with E-state index >= 15 is 0 Å². The zero-order chi connectivity index (χ0) is 23.3. The first-order chi connectivity index (χ1) is 15.4. The van der Waals surface area contributed by atoms with Crippen molar-refractivity contribution in [2.75, 3.05) is 39.4 Å². The Balaban J connectivity index is 1.80. The fourth-order valence-corrected chi connectivity index (χ4v) is 2.63. The highest BCUT2D eigenvalue weighted by Crippen LogP contribution is 2.23. The Labute approximate surface area is 185 Å². The van der Waals surface area contributed by atoms with E-state index in [0.29, 0.717) is 31.3 Å². The topological polar surface area (TPSA) is 171 Å². The molecule has 1 aromatic rings. The van der Waals surface area contributed by atoms with Crippen molar-refractivity contribution in [1.29, 1.82) is 0 Å². The van der Waals surface area contributed by atoms with Gasteiger partial charge in [0.15, 0.2) is 5.96 Å². The van der Waals surface area contributed by atoms with Crippen molar-refractivity contribution in [2.24, 2.45) is 4.99 Å². The number of guanidine groups is 1. The van der Waals surface area contributed by atoms with Crippen molar-refractivity contribution in [3.8, 4) is 11.5 Å². The molecule has 176 valence electrons. The summed E-state index contributed by atoms with van der Waals surface area (Å²) in [6.07, 6.45) is 0.599. The molecule has 2 rings (SSSR count). The molecular formula is C20H29N5O7. The number of unbranched alkanes of at least 4 members (excludes halogenated alkanes) is 1. The lowest BCUT2D eigenvalue weighted by Gasteiger charge is -2.16. The number of phenols is 1.